The molecule has 3 nitrogen and oxygen atoms in total. The molecule has 4 heteroatoms. The molecular formula is C17H24ClNO2. The second-order valence-electron chi connectivity index (χ2n) is 6.95. The molecule has 1 aromatic rings. The number of rotatable bonds is 4. The van der Waals surface area contributed by atoms with Crippen LogP contribution in [0, 0.1) is 5.41 Å². The van der Waals surface area contributed by atoms with Crippen LogP contribution in [0.2, 0.25) is 5.02 Å². The van der Waals surface area contributed by atoms with Crippen molar-refractivity contribution in [1.82, 2.24) is 0 Å². The molecule has 2 fully saturated rings. The molecule has 0 atom stereocenters. The lowest BCUT2D eigenvalue weighted by Gasteiger charge is -2.37. The van der Waals surface area contributed by atoms with Crippen LogP contribution < -0.4 is 10.5 Å². The highest BCUT2D eigenvalue weighted by Crippen LogP contribution is 2.38. The zero-order chi connectivity index (χ0) is 14.9. The number of halogens is 1. The average molecular weight is 310 g/mol. The number of hydrogen-bond donors (Lipinski definition) is 1. The summed E-state index contributed by atoms with van der Waals surface area (Å²) in [5.41, 5.74) is 7.61. The smallest absolute Gasteiger partial charge is 0.137 e. The summed E-state index contributed by atoms with van der Waals surface area (Å²) in [4.78, 5) is 0. The first-order chi connectivity index (χ1) is 10.0. The highest BCUT2D eigenvalue weighted by atomic mass is 35.5. The molecule has 116 valence electrons. The van der Waals surface area contributed by atoms with Gasteiger partial charge in [-0.25, -0.2) is 0 Å². The molecule has 2 aliphatic rings. The van der Waals surface area contributed by atoms with Crippen LogP contribution in [-0.2, 0) is 10.3 Å². The van der Waals surface area contributed by atoms with E-state index in [1.165, 1.54) is 19.3 Å². The minimum absolute atomic E-state index is 0.125. The lowest BCUT2D eigenvalue weighted by molar-refractivity contribution is -0.120. The van der Waals surface area contributed by atoms with Crippen molar-refractivity contribution in [3.05, 3.63) is 28.8 Å². The SMILES string of the molecule is CC1(COc2ccc(C3(N)CCCCC3)cc2Cl)COC1. The molecule has 0 amide bonds. The highest BCUT2D eigenvalue weighted by Gasteiger charge is 2.34. The molecule has 21 heavy (non-hydrogen) atoms. The topological polar surface area (TPSA) is 44.5 Å². The van der Waals surface area contributed by atoms with Gasteiger partial charge in [0.15, 0.2) is 0 Å². The monoisotopic (exact) mass is 309 g/mol. The minimum Gasteiger partial charge on any atom is -0.491 e. The second kappa shape index (κ2) is 5.79. The minimum atomic E-state index is -0.214. The summed E-state index contributed by atoms with van der Waals surface area (Å²) in [6.45, 7) is 4.32. The summed E-state index contributed by atoms with van der Waals surface area (Å²) in [5, 5.41) is 0.659. The Morgan fingerprint density at radius 3 is 2.52 bits per heavy atom. The van der Waals surface area contributed by atoms with Crippen molar-refractivity contribution < 1.29 is 9.47 Å². The Balaban J connectivity index is 1.70. The Hall–Kier alpha value is -0.770. The van der Waals surface area contributed by atoms with Crippen molar-refractivity contribution in [2.45, 2.75) is 44.6 Å². The van der Waals surface area contributed by atoms with E-state index in [1.807, 2.05) is 12.1 Å². The summed E-state index contributed by atoms with van der Waals surface area (Å²) in [7, 11) is 0. The fraction of sp³-hybridized carbons (Fsp3) is 0.647. The van der Waals surface area contributed by atoms with E-state index in [0.717, 1.165) is 37.4 Å². The van der Waals surface area contributed by atoms with Gasteiger partial charge in [0.1, 0.15) is 5.75 Å². The van der Waals surface area contributed by atoms with Crippen LogP contribution >= 0.6 is 11.6 Å². The molecule has 1 aliphatic heterocycles. The Bertz CT molecular complexity index is 508. The Morgan fingerprint density at radius 1 is 1.24 bits per heavy atom. The van der Waals surface area contributed by atoms with Gasteiger partial charge < -0.3 is 15.2 Å². The van der Waals surface area contributed by atoms with Gasteiger partial charge in [0.05, 0.1) is 24.8 Å². The number of benzene rings is 1. The quantitative estimate of drug-likeness (QED) is 0.918. The van der Waals surface area contributed by atoms with Gasteiger partial charge in [-0.3, -0.25) is 0 Å². The van der Waals surface area contributed by atoms with Gasteiger partial charge in [0.25, 0.3) is 0 Å². The van der Waals surface area contributed by atoms with Crippen molar-refractivity contribution >= 4 is 11.6 Å². The summed E-state index contributed by atoms with van der Waals surface area (Å²) >= 11 is 6.39. The molecule has 0 radical (unpaired) electrons. The zero-order valence-electron chi connectivity index (χ0n) is 12.7. The van der Waals surface area contributed by atoms with Crippen LogP contribution in [0.3, 0.4) is 0 Å². The molecule has 0 bridgehead atoms. The number of ether oxygens (including phenoxy) is 2. The molecule has 2 N–H and O–H groups in total. The zero-order valence-corrected chi connectivity index (χ0v) is 13.4. The van der Waals surface area contributed by atoms with Gasteiger partial charge in [-0.2, -0.15) is 0 Å². The first-order valence-electron chi connectivity index (χ1n) is 7.80. The van der Waals surface area contributed by atoms with E-state index in [2.05, 4.69) is 13.0 Å². The van der Waals surface area contributed by atoms with E-state index < -0.39 is 0 Å². The van der Waals surface area contributed by atoms with Gasteiger partial charge in [0, 0.05) is 11.0 Å². The van der Waals surface area contributed by atoms with E-state index >= 15 is 0 Å². The number of hydrogen-bond acceptors (Lipinski definition) is 3. The van der Waals surface area contributed by atoms with Crippen molar-refractivity contribution in [3.63, 3.8) is 0 Å². The van der Waals surface area contributed by atoms with Crippen molar-refractivity contribution in [3.8, 4) is 5.75 Å². The van der Waals surface area contributed by atoms with Crippen molar-refractivity contribution in [2.24, 2.45) is 11.1 Å². The molecule has 0 unspecified atom stereocenters. The van der Waals surface area contributed by atoms with Crippen LogP contribution in [0.4, 0.5) is 0 Å². The molecule has 1 saturated heterocycles. The normalized spacial score (nSPS) is 23.4. The highest BCUT2D eigenvalue weighted by molar-refractivity contribution is 6.32. The Labute approximate surface area is 131 Å². The summed E-state index contributed by atoms with van der Waals surface area (Å²) in [6, 6.07) is 6.03. The van der Waals surface area contributed by atoms with E-state index in [0.29, 0.717) is 11.6 Å². The van der Waals surface area contributed by atoms with Crippen LogP contribution in [-0.4, -0.2) is 19.8 Å². The first kappa shape index (κ1) is 15.1. The lowest BCUT2D eigenvalue weighted by Crippen LogP contribution is -2.44. The molecule has 3 rings (SSSR count). The van der Waals surface area contributed by atoms with E-state index in [1.54, 1.807) is 0 Å². The van der Waals surface area contributed by atoms with Crippen molar-refractivity contribution in [2.75, 3.05) is 19.8 Å². The maximum absolute atomic E-state index is 6.56. The molecule has 1 aliphatic carbocycles. The summed E-state index contributed by atoms with van der Waals surface area (Å²) < 4.78 is 11.1. The third kappa shape index (κ3) is 3.20. The van der Waals surface area contributed by atoms with E-state index in [-0.39, 0.29) is 11.0 Å². The van der Waals surface area contributed by atoms with Crippen LogP contribution in [0.5, 0.6) is 5.75 Å². The fourth-order valence-electron chi connectivity index (χ4n) is 3.18. The Morgan fingerprint density at radius 2 is 1.95 bits per heavy atom. The Kier molecular flexibility index (Phi) is 4.17. The lowest BCUT2D eigenvalue weighted by atomic mass is 9.77. The maximum Gasteiger partial charge on any atom is 0.137 e. The third-order valence-corrected chi connectivity index (χ3v) is 5.03. The van der Waals surface area contributed by atoms with Crippen molar-refractivity contribution in [1.29, 1.82) is 0 Å². The molecule has 0 aromatic heterocycles. The molecular weight excluding hydrogens is 286 g/mol. The van der Waals surface area contributed by atoms with Gasteiger partial charge in [-0.1, -0.05) is 43.9 Å². The molecule has 1 aromatic carbocycles. The third-order valence-electron chi connectivity index (χ3n) is 4.73. The van der Waals surface area contributed by atoms with Gasteiger partial charge in [0.2, 0.25) is 0 Å². The fourth-order valence-corrected chi connectivity index (χ4v) is 3.42. The van der Waals surface area contributed by atoms with E-state index in [9.17, 15) is 0 Å². The van der Waals surface area contributed by atoms with Crippen LogP contribution in [0.15, 0.2) is 18.2 Å². The predicted octanol–water partition coefficient (Wildman–Crippen LogP) is 3.87. The van der Waals surface area contributed by atoms with Gasteiger partial charge in [-0.15, -0.1) is 0 Å². The molecule has 1 heterocycles. The first-order valence-corrected chi connectivity index (χ1v) is 8.18. The predicted molar refractivity (Wildman–Crippen MR) is 84.8 cm³/mol. The maximum atomic E-state index is 6.56. The van der Waals surface area contributed by atoms with Crippen LogP contribution in [0.1, 0.15) is 44.6 Å². The second-order valence-corrected chi connectivity index (χ2v) is 7.36. The van der Waals surface area contributed by atoms with Gasteiger partial charge in [-0.05, 0) is 30.5 Å². The largest absolute Gasteiger partial charge is 0.491 e. The average Bonchev–Trinajstić information content (AvgIpc) is 2.45. The molecule has 0 spiro atoms. The summed E-state index contributed by atoms with van der Waals surface area (Å²) in [5.74, 6) is 0.743. The van der Waals surface area contributed by atoms with Crippen LogP contribution in [0.25, 0.3) is 0 Å². The van der Waals surface area contributed by atoms with E-state index in [4.69, 9.17) is 26.8 Å². The number of nitrogens with two attached hydrogens (primary N) is 1. The van der Waals surface area contributed by atoms with Gasteiger partial charge >= 0.3 is 0 Å². The summed E-state index contributed by atoms with van der Waals surface area (Å²) in [6.07, 6.45) is 5.77. The standard InChI is InChI=1S/C17H24ClNO2/c1-16(10-20-11-16)12-21-15-6-5-13(9-14(15)18)17(19)7-3-2-4-8-17/h5-6,9H,2-4,7-8,10-12,19H2,1H3. The molecule has 1 saturated carbocycles.